The predicted molar refractivity (Wildman–Crippen MR) is 253 cm³/mol. The number of ether oxygens (including phenoxy) is 2. The summed E-state index contributed by atoms with van der Waals surface area (Å²) in [6.45, 7) is 9.30. The molecule has 0 amide bonds. The van der Waals surface area contributed by atoms with Gasteiger partial charge in [0, 0.05) is 58.4 Å². The topological polar surface area (TPSA) is 117 Å². The monoisotopic (exact) mass is 880 g/mol. The van der Waals surface area contributed by atoms with E-state index in [9.17, 15) is 0 Å². The molecule has 2 aromatic carbocycles. The molecular formula is C55H53N4O5P. The van der Waals surface area contributed by atoms with Crippen LogP contribution >= 0.6 is 7.60 Å². The molecule has 65 heavy (non-hydrogen) atoms. The van der Waals surface area contributed by atoms with Gasteiger partial charge in [-0.25, -0.2) is 4.57 Å². The fourth-order valence-electron chi connectivity index (χ4n) is 11.2. The summed E-state index contributed by atoms with van der Waals surface area (Å²) in [6, 6.07) is 35.2. The molecule has 6 aromatic rings. The van der Waals surface area contributed by atoms with Crippen LogP contribution in [0.1, 0.15) is 111 Å². The molecule has 328 valence electrons. The van der Waals surface area contributed by atoms with Crippen LogP contribution in [0, 0.1) is 0 Å². The highest BCUT2D eigenvalue weighted by Crippen LogP contribution is 2.54. The zero-order chi connectivity index (χ0) is 44.2. The molecule has 6 aliphatic rings. The predicted octanol–water partition coefficient (Wildman–Crippen LogP) is 12.0. The van der Waals surface area contributed by atoms with Gasteiger partial charge < -0.3 is 38.5 Å². The third-order valence-corrected chi connectivity index (χ3v) is 17.3. The lowest BCUT2D eigenvalue weighted by Crippen LogP contribution is -2.33. The highest BCUT2D eigenvalue weighted by molar-refractivity contribution is 7.62. The third kappa shape index (κ3) is 6.04. The van der Waals surface area contributed by atoms with Crippen molar-refractivity contribution >= 4 is 12.9 Å². The van der Waals surface area contributed by atoms with Crippen molar-refractivity contribution in [3.05, 3.63) is 225 Å². The molecule has 3 aliphatic carbocycles. The van der Waals surface area contributed by atoms with Gasteiger partial charge in [0.2, 0.25) is 0 Å². The van der Waals surface area contributed by atoms with Crippen molar-refractivity contribution in [2.45, 2.75) is 87.6 Å². The summed E-state index contributed by atoms with van der Waals surface area (Å²) in [5.74, 6) is 1.98. The Hall–Kier alpha value is -6.41. The second-order valence-corrected chi connectivity index (χ2v) is 20.9. The normalized spacial score (nSPS) is 30.1. The maximum atomic E-state index is 15.4. The van der Waals surface area contributed by atoms with Crippen LogP contribution in [0.3, 0.4) is 0 Å². The van der Waals surface area contributed by atoms with Crippen molar-refractivity contribution in [2.75, 3.05) is 6.79 Å². The molecule has 0 saturated carbocycles. The molecule has 0 spiro atoms. The first-order chi connectivity index (χ1) is 31.5. The molecule has 7 heterocycles. The smallest absolute Gasteiger partial charge is 0.462 e. The Morgan fingerprint density at radius 3 is 1.68 bits per heavy atom. The van der Waals surface area contributed by atoms with Gasteiger partial charge in [0.1, 0.15) is 11.5 Å². The first-order valence-corrected chi connectivity index (χ1v) is 24.4. The number of benzene rings is 2. The van der Waals surface area contributed by atoms with E-state index < -0.39 is 29.3 Å². The van der Waals surface area contributed by atoms with Crippen LogP contribution in [0.5, 0.6) is 5.75 Å². The van der Waals surface area contributed by atoms with Crippen molar-refractivity contribution in [1.82, 2.24) is 19.9 Å². The first kappa shape index (κ1) is 40.1. The molecule has 6 atom stereocenters. The molecule has 0 saturated heterocycles. The Morgan fingerprint density at radius 1 is 0.569 bits per heavy atom. The molecule has 20 bridgehead atoms. The van der Waals surface area contributed by atoms with E-state index in [4.69, 9.17) is 18.5 Å². The average molecular weight is 881 g/mol. The van der Waals surface area contributed by atoms with Crippen LogP contribution in [0.25, 0.3) is 0 Å². The number of H-pyrrole nitrogens is 4. The van der Waals surface area contributed by atoms with Crippen LogP contribution in [0.4, 0.5) is 0 Å². The van der Waals surface area contributed by atoms with Crippen LogP contribution in [0.15, 0.2) is 174 Å². The summed E-state index contributed by atoms with van der Waals surface area (Å²) in [4.78, 5) is 16.2. The SMILES string of the molecule is C[C@]12C3=C[C@@H](CC=C3)OCOC3=CC(=CCC3)[C@](C)(c3ccc1[nH]3)c1ccc([nH]1)[C@@]1(C)c3cccc(c3)O[P@@](=O)(c3ccccc3)OC3=CC(=CCC3)[C@@](C)(c3ccc2[nH]3)c2ccc1[nH]2. The zero-order valence-electron chi connectivity index (χ0n) is 37.2. The summed E-state index contributed by atoms with van der Waals surface area (Å²) in [5, 5.41) is 0.494. The number of aromatic amines is 4. The Morgan fingerprint density at radius 2 is 1.09 bits per heavy atom. The van der Waals surface area contributed by atoms with E-state index in [-0.39, 0.29) is 12.9 Å². The Labute approximate surface area is 379 Å². The van der Waals surface area contributed by atoms with Crippen molar-refractivity contribution in [2.24, 2.45) is 0 Å². The van der Waals surface area contributed by atoms with Crippen LogP contribution in [-0.2, 0) is 40.2 Å². The molecular weight excluding hydrogens is 828 g/mol. The maximum Gasteiger partial charge on any atom is 0.462 e. The van der Waals surface area contributed by atoms with E-state index in [1.54, 1.807) is 0 Å². The summed E-state index contributed by atoms with van der Waals surface area (Å²) < 4.78 is 41.8. The number of aromatic nitrogens is 4. The van der Waals surface area contributed by atoms with Gasteiger partial charge >= 0.3 is 7.60 Å². The molecule has 4 N–H and O–H groups in total. The second-order valence-electron chi connectivity index (χ2n) is 19.0. The van der Waals surface area contributed by atoms with Crippen LogP contribution < -0.4 is 9.83 Å². The standard InChI is InChI=1S/C55H53N4O5P/c1-52-35-12-8-16-39(30-35)61-34-62-40-17-9-13-36(31-40)53(2,45-23-22-44(52)56-45)47-25-27-49(58-47)55(4)38-15-11-19-42(33-38)64-65(60,43-20-6-5-7-21-43)63-41-18-10-14-37(32-41)54(3,48-26-24-46(52)57-48)50-28-29-51(55)59-50/h5-8,11-15,19-33,39,56-59H,9-10,16-18,34H2,1-4H3/t39-,52+,53-,54+,55-,65-/m1/s1. The van der Waals surface area contributed by atoms with E-state index in [0.717, 1.165) is 92.9 Å². The van der Waals surface area contributed by atoms with Gasteiger partial charge in [-0.05, 0) is 154 Å². The van der Waals surface area contributed by atoms with E-state index in [1.165, 1.54) is 0 Å². The summed E-state index contributed by atoms with van der Waals surface area (Å²) in [6.07, 6.45) is 19.2. The number of rotatable bonds is 1. The quantitative estimate of drug-likeness (QED) is 0.123. The van der Waals surface area contributed by atoms with E-state index >= 15 is 4.57 Å². The minimum absolute atomic E-state index is 0.156. The van der Waals surface area contributed by atoms with Crippen molar-refractivity contribution in [1.29, 1.82) is 0 Å². The van der Waals surface area contributed by atoms with Crippen LogP contribution in [-0.4, -0.2) is 32.8 Å². The number of hydrogen-bond donors (Lipinski definition) is 4. The number of allylic oxidation sites excluding steroid dienone is 10. The minimum Gasteiger partial charge on any atom is -0.472 e. The molecule has 10 heteroatoms. The third-order valence-electron chi connectivity index (χ3n) is 15.4. The van der Waals surface area contributed by atoms with Gasteiger partial charge in [0.05, 0.1) is 38.8 Å². The van der Waals surface area contributed by atoms with Crippen molar-refractivity contribution in [3.63, 3.8) is 0 Å². The summed E-state index contributed by atoms with van der Waals surface area (Å²) in [5.41, 5.74) is 9.55. The summed E-state index contributed by atoms with van der Waals surface area (Å²) in [7, 11) is -3.96. The Bertz CT molecular complexity index is 3130. The van der Waals surface area contributed by atoms with Gasteiger partial charge in [-0.15, -0.1) is 0 Å². The Balaban J connectivity index is 1.18. The number of fused-ring (bicyclic) bond motifs is 17. The molecule has 4 aromatic heterocycles. The molecule has 12 rings (SSSR count). The maximum absolute atomic E-state index is 15.4. The van der Waals surface area contributed by atoms with Gasteiger partial charge in [-0.1, -0.05) is 60.7 Å². The van der Waals surface area contributed by atoms with Gasteiger partial charge in [-0.3, -0.25) is 0 Å². The largest absolute Gasteiger partial charge is 0.472 e. The fraction of sp³-hybridized carbons (Fsp3) is 0.273. The van der Waals surface area contributed by atoms with Gasteiger partial charge in [-0.2, -0.15) is 0 Å². The lowest BCUT2D eigenvalue weighted by atomic mass is 9.73. The minimum atomic E-state index is -3.96. The average Bonchev–Trinajstić information content (AvgIpc) is 4.19. The lowest BCUT2D eigenvalue weighted by molar-refractivity contribution is -0.0506. The van der Waals surface area contributed by atoms with E-state index in [2.05, 4.69) is 145 Å². The van der Waals surface area contributed by atoms with Crippen LogP contribution in [0.2, 0.25) is 0 Å². The fourth-order valence-corrected chi connectivity index (χ4v) is 12.8. The van der Waals surface area contributed by atoms with E-state index in [0.29, 0.717) is 29.7 Å². The lowest BCUT2D eigenvalue weighted by Gasteiger charge is -2.36. The molecule has 3 aliphatic heterocycles. The van der Waals surface area contributed by atoms with Gasteiger partial charge in [0.25, 0.3) is 0 Å². The van der Waals surface area contributed by atoms with Crippen molar-refractivity contribution < 1.29 is 23.1 Å². The van der Waals surface area contributed by atoms with E-state index in [1.807, 2.05) is 48.5 Å². The number of nitrogens with one attached hydrogen (secondary N) is 4. The zero-order valence-corrected chi connectivity index (χ0v) is 38.1. The highest BCUT2D eigenvalue weighted by Gasteiger charge is 2.46. The van der Waals surface area contributed by atoms with Crippen molar-refractivity contribution in [3.8, 4) is 5.75 Å². The molecule has 9 nitrogen and oxygen atoms in total. The molecule has 0 fully saturated rings. The first-order valence-electron chi connectivity index (χ1n) is 22.9. The molecule has 0 unspecified atom stereocenters. The second kappa shape index (κ2) is 14.5. The highest BCUT2D eigenvalue weighted by atomic mass is 31.2. The number of hydrogen-bond acceptors (Lipinski definition) is 5. The van der Waals surface area contributed by atoms with Gasteiger partial charge in [0.15, 0.2) is 6.79 Å². The molecule has 0 radical (unpaired) electrons. The summed E-state index contributed by atoms with van der Waals surface area (Å²) >= 11 is 0. The Kier molecular flexibility index (Phi) is 8.98.